The quantitative estimate of drug-likeness (QED) is 0.642. The van der Waals surface area contributed by atoms with Gasteiger partial charge in [-0.15, -0.1) is 10.2 Å². The molecule has 166 valence electrons. The third kappa shape index (κ3) is 3.15. The molecule has 4 heterocycles. The van der Waals surface area contributed by atoms with Crippen molar-refractivity contribution in [2.75, 3.05) is 7.11 Å². The summed E-state index contributed by atoms with van der Waals surface area (Å²) in [5, 5.41) is 23.6. The van der Waals surface area contributed by atoms with Crippen molar-refractivity contribution < 1.29 is 18.6 Å². The maximum atomic E-state index is 14.6. The van der Waals surface area contributed by atoms with Gasteiger partial charge in [-0.3, -0.25) is 4.98 Å². The van der Waals surface area contributed by atoms with Crippen LogP contribution in [0.2, 0.25) is 0 Å². The fourth-order valence-corrected chi connectivity index (χ4v) is 5.00. The van der Waals surface area contributed by atoms with E-state index in [1.165, 1.54) is 13.3 Å². The van der Waals surface area contributed by atoms with E-state index in [1.54, 1.807) is 31.5 Å². The Balaban J connectivity index is 1.44. The second kappa shape index (κ2) is 7.25. The predicted octanol–water partition coefficient (Wildman–Crippen LogP) is 3.60. The fraction of sp³-hybridized carbons (Fsp3) is 0.391. The molecular weight excluding hydrogens is 416 g/mol. The van der Waals surface area contributed by atoms with Gasteiger partial charge in [-0.05, 0) is 42.5 Å². The second-order valence-corrected chi connectivity index (χ2v) is 8.79. The number of rotatable bonds is 4. The van der Waals surface area contributed by atoms with Gasteiger partial charge in [-0.25, -0.2) is 13.8 Å². The van der Waals surface area contributed by atoms with Gasteiger partial charge in [0.2, 0.25) is 0 Å². The third-order valence-corrected chi connectivity index (χ3v) is 6.81. The van der Waals surface area contributed by atoms with Crippen LogP contribution in [0.5, 0.6) is 5.75 Å². The van der Waals surface area contributed by atoms with Crippen LogP contribution in [-0.4, -0.2) is 56.0 Å². The van der Waals surface area contributed by atoms with Gasteiger partial charge in [0.1, 0.15) is 11.4 Å². The molecule has 32 heavy (non-hydrogen) atoms. The highest BCUT2D eigenvalue weighted by molar-refractivity contribution is 5.89. The van der Waals surface area contributed by atoms with E-state index in [9.17, 15) is 13.9 Å². The average molecular weight is 439 g/mol. The van der Waals surface area contributed by atoms with Crippen LogP contribution in [0.3, 0.4) is 0 Å². The van der Waals surface area contributed by atoms with E-state index in [0.29, 0.717) is 16.8 Å². The molecule has 2 aliphatic heterocycles. The van der Waals surface area contributed by atoms with Crippen LogP contribution in [0.15, 0.2) is 43.4 Å². The van der Waals surface area contributed by atoms with Crippen LogP contribution in [0, 0.1) is 5.92 Å². The minimum absolute atomic E-state index is 0.0395. The lowest BCUT2D eigenvalue weighted by Gasteiger charge is -2.42. The summed E-state index contributed by atoms with van der Waals surface area (Å²) in [6, 6.07) is 4.76. The zero-order valence-electron chi connectivity index (χ0n) is 17.7. The summed E-state index contributed by atoms with van der Waals surface area (Å²) in [7, 11) is 1.52. The summed E-state index contributed by atoms with van der Waals surface area (Å²) < 4.78 is 34.8. The van der Waals surface area contributed by atoms with Crippen LogP contribution in [0.4, 0.5) is 8.78 Å². The number of nitrogens with zero attached hydrogens (tertiary/aromatic N) is 4. The molecule has 0 spiro atoms. The first-order chi connectivity index (χ1) is 15.2. The minimum Gasteiger partial charge on any atom is -0.507 e. The number of hydrogen-bond acceptors (Lipinski definition) is 7. The Kier molecular flexibility index (Phi) is 4.72. The van der Waals surface area contributed by atoms with Gasteiger partial charge in [0.25, 0.3) is 5.92 Å². The third-order valence-electron chi connectivity index (χ3n) is 6.81. The van der Waals surface area contributed by atoms with Gasteiger partial charge < -0.3 is 15.2 Å². The molecule has 3 aromatic rings. The number of pyridine rings is 1. The van der Waals surface area contributed by atoms with Crippen molar-refractivity contribution in [3.05, 3.63) is 49.2 Å². The molecule has 2 aliphatic rings. The van der Waals surface area contributed by atoms with Crippen LogP contribution in [-0.2, 0) is 4.74 Å². The highest BCUT2D eigenvalue weighted by atomic mass is 19.3. The number of benzene rings is 1. The number of aromatic nitrogens is 4. The molecule has 7 nitrogen and oxygen atoms in total. The predicted molar refractivity (Wildman–Crippen MR) is 115 cm³/mol. The lowest BCUT2D eigenvalue weighted by Crippen LogP contribution is -2.59. The average Bonchev–Trinajstić information content (AvgIpc) is 2.96. The van der Waals surface area contributed by atoms with Crippen LogP contribution in [0.25, 0.3) is 27.6 Å². The number of phenolic OH excluding ortho intramolecular Hbond substituents is 1. The van der Waals surface area contributed by atoms with Crippen LogP contribution in [0.1, 0.15) is 25.6 Å². The number of methoxy groups -OCH3 is 1. The summed E-state index contributed by atoms with van der Waals surface area (Å²) in [6.07, 6.45) is 4.24. The topological polar surface area (TPSA) is 93.1 Å². The fourth-order valence-electron chi connectivity index (χ4n) is 5.00. The van der Waals surface area contributed by atoms with Gasteiger partial charge in [0.15, 0.2) is 5.82 Å². The van der Waals surface area contributed by atoms with E-state index in [-0.39, 0.29) is 30.3 Å². The number of nitrogens with one attached hydrogen (secondary N) is 1. The van der Waals surface area contributed by atoms with Crippen molar-refractivity contribution in [2.45, 2.75) is 43.4 Å². The van der Waals surface area contributed by atoms with E-state index < -0.39 is 23.6 Å². The van der Waals surface area contributed by atoms with Crippen LogP contribution < -0.4 is 5.32 Å². The standard InChI is InChI=1S/C23H23F2N5O2/c1-12(16-8-22(2)23(24,25)9-17(28-22)20(16)32-3)21-27-11-18(29-30-21)15-6-13-4-5-26-10-14(13)7-19(15)31/h4-7,10-11,16-17,20,28,31H,1,8-9H2,2-3H3/t16-,17-,20-,22-/m1/s1. The molecule has 4 atom stereocenters. The van der Waals surface area contributed by atoms with Crippen molar-refractivity contribution in [2.24, 2.45) is 5.92 Å². The van der Waals surface area contributed by atoms with E-state index in [0.717, 1.165) is 10.8 Å². The molecule has 0 radical (unpaired) electrons. The Labute approximate surface area is 183 Å². The molecule has 9 heteroatoms. The Morgan fingerprint density at radius 2 is 2.03 bits per heavy atom. The Bertz CT molecular complexity index is 1200. The van der Waals surface area contributed by atoms with E-state index >= 15 is 0 Å². The number of ether oxygens (including phenoxy) is 1. The molecule has 2 saturated heterocycles. The molecule has 0 amide bonds. The largest absolute Gasteiger partial charge is 0.507 e. The summed E-state index contributed by atoms with van der Waals surface area (Å²) in [6.45, 7) is 5.65. The monoisotopic (exact) mass is 439 g/mol. The molecule has 2 aromatic heterocycles. The van der Waals surface area contributed by atoms with Gasteiger partial charge in [0, 0.05) is 48.8 Å². The number of hydrogen-bond donors (Lipinski definition) is 2. The molecule has 5 rings (SSSR count). The smallest absolute Gasteiger partial charge is 0.267 e. The van der Waals surface area contributed by atoms with E-state index in [1.807, 2.05) is 6.07 Å². The summed E-state index contributed by atoms with van der Waals surface area (Å²) in [5.74, 6) is -2.90. The van der Waals surface area contributed by atoms with Gasteiger partial charge in [-0.2, -0.15) is 0 Å². The number of halogens is 2. The SMILES string of the molecule is C=C(c1ncc(-c2cc3ccncc3cc2O)nn1)[C@H]1C[C@@]2(C)N[C@H](CC2(F)F)[C@@H]1OC. The van der Waals surface area contributed by atoms with Gasteiger partial charge in [0.05, 0.1) is 17.8 Å². The van der Waals surface area contributed by atoms with Crippen LogP contribution >= 0.6 is 0 Å². The molecule has 2 N–H and O–H groups in total. The van der Waals surface area contributed by atoms with E-state index in [4.69, 9.17) is 4.74 Å². The summed E-state index contributed by atoms with van der Waals surface area (Å²) in [4.78, 5) is 8.44. The zero-order valence-corrected chi connectivity index (χ0v) is 17.7. The first-order valence-corrected chi connectivity index (χ1v) is 10.4. The number of piperidine rings is 1. The molecule has 0 saturated carbocycles. The second-order valence-electron chi connectivity index (χ2n) is 8.79. The number of phenols is 1. The van der Waals surface area contributed by atoms with Crippen molar-refractivity contribution in [3.8, 4) is 17.0 Å². The molecule has 2 fully saturated rings. The summed E-state index contributed by atoms with van der Waals surface area (Å²) >= 11 is 0. The number of alkyl halides is 2. The maximum Gasteiger partial charge on any atom is 0.267 e. The normalized spacial score (nSPS) is 28.7. The Morgan fingerprint density at radius 3 is 2.75 bits per heavy atom. The van der Waals surface area contributed by atoms with E-state index in [2.05, 4.69) is 32.1 Å². The zero-order chi connectivity index (χ0) is 22.7. The lowest BCUT2D eigenvalue weighted by atomic mass is 9.78. The summed E-state index contributed by atoms with van der Waals surface area (Å²) in [5.41, 5.74) is 0.0622. The highest BCUT2D eigenvalue weighted by Crippen LogP contribution is 2.51. The Morgan fingerprint density at radius 1 is 1.22 bits per heavy atom. The van der Waals surface area contributed by atoms with Crippen molar-refractivity contribution in [3.63, 3.8) is 0 Å². The first kappa shape index (κ1) is 20.8. The lowest BCUT2D eigenvalue weighted by molar-refractivity contribution is -0.0630. The van der Waals surface area contributed by atoms with Crippen molar-refractivity contribution >= 4 is 16.3 Å². The van der Waals surface area contributed by atoms with Gasteiger partial charge in [-0.1, -0.05) is 6.58 Å². The molecule has 1 aromatic carbocycles. The molecular formula is C23H23F2N5O2. The molecule has 2 bridgehead atoms. The highest BCUT2D eigenvalue weighted by Gasteiger charge is 2.64. The van der Waals surface area contributed by atoms with Crippen molar-refractivity contribution in [1.29, 1.82) is 0 Å². The van der Waals surface area contributed by atoms with Gasteiger partial charge >= 0.3 is 0 Å². The first-order valence-electron chi connectivity index (χ1n) is 10.4. The van der Waals surface area contributed by atoms with Crippen molar-refractivity contribution in [1.82, 2.24) is 25.5 Å². The molecule has 0 unspecified atom stereocenters. The maximum absolute atomic E-state index is 14.6. The minimum atomic E-state index is -2.84. The molecule has 0 aliphatic carbocycles. The Hall–Kier alpha value is -3.04. The number of fused-ring (bicyclic) bond motifs is 3. The number of aromatic hydroxyl groups is 1.